The number of ether oxygens (including phenoxy) is 3. The van der Waals surface area contributed by atoms with E-state index in [1.54, 1.807) is 11.1 Å². The second-order valence-electron chi connectivity index (χ2n) is 9.00. The minimum atomic E-state index is -0.331. The molecular formula is C30H29N3O4. The number of aromatic nitrogens is 2. The summed E-state index contributed by atoms with van der Waals surface area (Å²) in [5, 5.41) is 0. The largest absolute Gasteiger partial charge is 0.490 e. The molecular weight excluding hydrogens is 466 g/mol. The highest BCUT2D eigenvalue weighted by molar-refractivity contribution is 5.70. The molecule has 7 heteroatoms. The summed E-state index contributed by atoms with van der Waals surface area (Å²) in [6.07, 6.45) is 5.43. The van der Waals surface area contributed by atoms with Crippen LogP contribution in [0.1, 0.15) is 29.7 Å². The van der Waals surface area contributed by atoms with E-state index < -0.39 is 0 Å². The lowest BCUT2D eigenvalue weighted by Crippen LogP contribution is -2.43. The second kappa shape index (κ2) is 11.6. The maximum absolute atomic E-state index is 12.7. The number of nitrogens with zero attached hydrogens (tertiary/aromatic N) is 3. The molecule has 5 rings (SSSR count). The lowest BCUT2D eigenvalue weighted by molar-refractivity contribution is 0.0930. The van der Waals surface area contributed by atoms with Crippen molar-refractivity contribution in [1.29, 1.82) is 0 Å². The van der Waals surface area contributed by atoms with Crippen LogP contribution >= 0.6 is 0 Å². The summed E-state index contributed by atoms with van der Waals surface area (Å²) in [5.74, 6) is 2.56. The number of hydrogen-bond donors (Lipinski definition) is 0. The van der Waals surface area contributed by atoms with E-state index in [1.807, 2.05) is 79.0 Å². The molecule has 37 heavy (non-hydrogen) atoms. The molecule has 0 spiro atoms. The van der Waals surface area contributed by atoms with Crippen molar-refractivity contribution in [3.8, 4) is 23.1 Å². The van der Waals surface area contributed by atoms with Gasteiger partial charge in [0.15, 0.2) is 0 Å². The first-order valence-electron chi connectivity index (χ1n) is 12.4. The van der Waals surface area contributed by atoms with E-state index in [1.165, 1.54) is 0 Å². The molecule has 0 bridgehead atoms. The van der Waals surface area contributed by atoms with Crippen molar-refractivity contribution >= 4 is 6.09 Å². The van der Waals surface area contributed by atoms with E-state index in [9.17, 15) is 4.79 Å². The molecule has 0 radical (unpaired) electrons. The molecule has 4 aromatic rings. The van der Waals surface area contributed by atoms with E-state index in [2.05, 4.69) is 23.0 Å². The molecule has 1 aliphatic rings. The van der Waals surface area contributed by atoms with Crippen molar-refractivity contribution in [2.45, 2.75) is 32.3 Å². The van der Waals surface area contributed by atoms with Crippen molar-refractivity contribution in [2.75, 3.05) is 13.1 Å². The average Bonchev–Trinajstić information content (AvgIpc) is 2.93. The summed E-state index contributed by atoms with van der Waals surface area (Å²) in [6, 6.07) is 24.6. The van der Waals surface area contributed by atoms with E-state index in [0.717, 1.165) is 41.8 Å². The Labute approximate surface area is 216 Å². The van der Waals surface area contributed by atoms with Gasteiger partial charge in [0, 0.05) is 56.5 Å². The number of amides is 1. The Morgan fingerprint density at radius 1 is 0.838 bits per heavy atom. The fraction of sp³-hybridized carbons (Fsp3) is 0.233. The molecule has 0 aliphatic carbocycles. The van der Waals surface area contributed by atoms with Gasteiger partial charge in [-0.1, -0.05) is 24.3 Å². The summed E-state index contributed by atoms with van der Waals surface area (Å²) in [6.45, 7) is 3.23. The van der Waals surface area contributed by atoms with Gasteiger partial charge in [-0.3, -0.25) is 4.98 Å². The monoisotopic (exact) mass is 495 g/mol. The van der Waals surface area contributed by atoms with Crippen molar-refractivity contribution < 1.29 is 19.0 Å². The minimum Gasteiger partial charge on any atom is -0.490 e. The van der Waals surface area contributed by atoms with Crippen molar-refractivity contribution in [2.24, 2.45) is 0 Å². The van der Waals surface area contributed by atoms with Gasteiger partial charge in [-0.05, 0) is 66.6 Å². The molecule has 3 heterocycles. The molecule has 1 aliphatic heterocycles. The molecule has 0 saturated carbocycles. The molecule has 1 fully saturated rings. The van der Waals surface area contributed by atoms with Crippen molar-refractivity contribution in [3.05, 3.63) is 108 Å². The van der Waals surface area contributed by atoms with Gasteiger partial charge < -0.3 is 19.1 Å². The normalized spacial score (nSPS) is 13.7. The zero-order chi connectivity index (χ0) is 25.5. The third kappa shape index (κ3) is 6.64. The van der Waals surface area contributed by atoms with Gasteiger partial charge in [-0.15, -0.1) is 0 Å². The first-order chi connectivity index (χ1) is 18.1. The minimum absolute atomic E-state index is 0.0425. The number of piperidine rings is 1. The lowest BCUT2D eigenvalue weighted by atomic mass is 10.1. The molecule has 1 saturated heterocycles. The zero-order valence-corrected chi connectivity index (χ0v) is 20.7. The summed E-state index contributed by atoms with van der Waals surface area (Å²) in [4.78, 5) is 23.0. The quantitative estimate of drug-likeness (QED) is 0.303. The molecule has 2 aromatic heterocycles. The predicted molar refractivity (Wildman–Crippen MR) is 140 cm³/mol. The highest BCUT2D eigenvalue weighted by Gasteiger charge is 2.25. The predicted octanol–water partition coefficient (Wildman–Crippen LogP) is 6.21. The van der Waals surface area contributed by atoms with Crippen LogP contribution in [0.4, 0.5) is 4.79 Å². The number of carbonyl (C=O) groups excluding carboxylic acids is 1. The third-order valence-corrected chi connectivity index (χ3v) is 6.30. The number of benzene rings is 2. The Hall–Kier alpha value is -4.39. The average molecular weight is 496 g/mol. The summed E-state index contributed by atoms with van der Waals surface area (Å²) in [5.41, 5.74) is 3.33. The summed E-state index contributed by atoms with van der Waals surface area (Å²) < 4.78 is 17.5. The Morgan fingerprint density at radius 3 is 2.24 bits per heavy atom. The first-order valence-corrected chi connectivity index (χ1v) is 12.4. The molecule has 7 nitrogen and oxygen atoms in total. The summed E-state index contributed by atoms with van der Waals surface area (Å²) >= 11 is 0. The number of aryl methyl sites for hydroxylation is 1. The van der Waals surface area contributed by atoms with Gasteiger partial charge >= 0.3 is 6.09 Å². The SMILES string of the molecule is Cc1cccnc1Cc1ccc(OC(=O)N2CCC(Oc3ccc(Oc4ccccn4)cc3)CC2)cc1. The lowest BCUT2D eigenvalue weighted by Gasteiger charge is -2.31. The standard InChI is InChI=1S/C30H29N3O4/c1-22-5-4-18-31-28(22)21-23-7-9-26(10-8-23)37-30(34)33-19-15-27(16-20-33)35-24-11-13-25(14-12-24)36-29-6-2-3-17-32-29/h2-14,17-18,27H,15-16,19-21H2,1H3. The zero-order valence-electron chi connectivity index (χ0n) is 20.7. The van der Waals surface area contributed by atoms with Gasteiger partial charge in [0.05, 0.1) is 0 Å². The highest BCUT2D eigenvalue weighted by atomic mass is 16.6. The highest BCUT2D eigenvalue weighted by Crippen LogP contribution is 2.25. The smallest absolute Gasteiger partial charge is 0.415 e. The molecule has 0 atom stereocenters. The van der Waals surface area contributed by atoms with E-state index in [0.29, 0.717) is 30.5 Å². The second-order valence-corrected chi connectivity index (χ2v) is 9.00. The number of rotatable bonds is 7. The van der Waals surface area contributed by atoms with Gasteiger partial charge in [0.2, 0.25) is 5.88 Å². The molecule has 0 unspecified atom stereocenters. The number of hydrogen-bond acceptors (Lipinski definition) is 6. The van der Waals surface area contributed by atoms with Crippen molar-refractivity contribution in [1.82, 2.24) is 14.9 Å². The van der Waals surface area contributed by atoms with E-state index >= 15 is 0 Å². The fourth-order valence-electron chi connectivity index (χ4n) is 4.20. The van der Waals surface area contributed by atoms with E-state index in [4.69, 9.17) is 14.2 Å². The van der Waals surface area contributed by atoms with Crippen LogP contribution in [0.5, 0.6) is 23.1 Å². The number of likely N-dealkylation sites (tertiary alicyclic amines) is 1. The molecule has 188 valence electrons. The molecule has 2 aromatic carbocycles. The van der Waals surface area contributed by atoms with Crippen LogP contribution in [0.3, 0.4) is 0 Å². The topological polar surface area (TPSA) is 73.8 Å². The van der Waals surface area contributed by atoms with Gasteiger partial charge in [0.25, 0.3) is 0 Å². The van der Waals surface area contributed by atoms with Crippen LogP contribution in [-0.2, 0) is 6.42 Å². The van der Waals surface area contributed by atoms with Crippen LogP contribution in [0.2, 0.25) is 0 Å². The van der Waals surface area contributed by atoms with Gasteiger partial charge in [-0.2, -0.15) is 0 Å². The van der Waals surface area contributed by atoms with Crippen LogP contribution in [-0.4, -0.2) is 40.2 Å². The van der Waals surface area contributed by atoms with Crippen LogP contribution in [0, 0.1) is 6.92 Å². The summed E-state index contributed by atoms with van der Waals surface area (Å²) in [7, 11) is 0. The van der Waals surface area contributed by atoms with Crippen LogP contribution in [0.25, 0.3) is 0 Å². The van der Waals surface area contributed by atoms with Gasteiger partial charge in [0.1, 0.15) is 23.4 Å². The first kappa shape index (κ1) is 24.3. The molecule has 1 amide bonds. The van der Waals surface area contributed by atoms with E-state index in [-0.39, 0.29) is 12.2 Å². The number of carbonyl (C=O) groups is 1. The van der Waals surface area contributed by atoms with Gasteiger partial charge in [-0.25, -0.2) is 9.78 Å². The van der Waals surface area contributed by atoms with Crippen molar-refractivity contribution in [3.63, 3.8) is 0 Å². The fourth-order valence-corrected chi connectivity index (χ4v) is 4.20. The molecule has 0 N–H and O–H groups in total. The maximum Gasteiger partial charge on any atom is 0.415 e. The Morgan fingerprint density at radius 2 is 1.54 bits per heavy atom. The maximum atomic E-state index is 12.7. The van der Waals surface area contributed by atoms with Crippen LogP contribution < -0.4 is 14.2 Å². The Balaban J connectivity index is 1.07. The van der Waals surface area contributed by atoms with Crippen LogP contribution in [0.15, 0.2) is 91.3 Å². The number of pyridine rings is 2. The Kier molecular flexibility index (Phi) is 7.60. The third-order valence-electron chi connectivity index (χ3n) is 6.30. The Bertz CT molecular complexity index is 1300.